The van der Waals surface area contributed by atoms with Crippen LogP contribution in [-0.4, -0.2) is 19.4 Å². The molecule has 0 fully saturated rings. The molecule has 0 amide bonds. The summed E-state index contributed by atoms with van der Waals surface area (Å²) in [6.45, 7) is -0.132. The van der Waals surface area contributed by atoms with Gasteiger partial charge in [-0.05, 0) is 12.1 Å². The zero-order valence-corrected chi connectivity index (χ0v) is 8.44. The number of carbonyl (C=O) groups excluding carboxylic acids is 1. The van der Waals surface area contributed by atoms with E-state index in [9.17, 15) is 9.18 Å². The number of halogens is 2. The summed E-state index contributed by atoms with van der Waals surface area (Å²) in [6, 6.07) is 3.79. The molecular formula is C9H11ClFNO2. The second-order valence-corrected chi connectivity index (χ2v) is 2.51. The van der Waals surface area contributed by atoms with Crippen LogP contribution >= 0.6 is 12.4 Å². The second-order valence-electron chi connectivity index (χ2n) is 2.51. The molecule has 0 bridgehead atoms. The number of ketones is 1. The van der Waals surface area contributed by atoms with E-state index in [4.69, 9.17) is 10.5 Å². The Balaban J connectivity index is 0.00000169. The maximum atomic E-state index is 12.8. The van der Waals surface area contributed by atoms with Gasteiger partial charge < -0.3 is 10.5 Å². The van der Waals surface area contributed by atoms with Crippen molar-refractivity contribution in [3.63, 3.8) is 0 Å². The minimum atomic E-state index is -0.504. The number of Topliss-reactive ketones (excluding diaryl/α,β-unsaturated/α-hetero) is 1. The standard InChI is InChI=1S/C9H10FNO2.ClH/c1-13-8-3-6(9(12)5-11)2-7(10)4-8;/h2-4H,5,11H2,1H3;1H. The Morgan fingerprint density at radius 2 is 2.14 bits per heavy atom. The number of hydrogen-bond acceptors (Lipinski definition) is 3. The van der Waals surface area contributed by atoms with E-state index >= 15 is 0 Å². The average Bonchev–Trinajstić information content (AvgIpc) is 2.15. The van der Waals surface area contributed by atoms with Crippen LogP contribution in [0.4, 0.5) is 4.39 Å². The Labute approximate surface area is 87.5 Å². The van der Waals surface area contributed by atoms with E-state index in [2.05, 4.69) is 0 Å². The maximum absolute atomic E-state index is 12.8. The molecule has 0 aliphatic carbocycles. The highest BCUT2D eigenvalue weighted by Gasteiger charge is 2.06. The Kier molecular flexibility index (Phi) is 5.12. The van der Waals surface area contributed by atoms with Crippen molar-refractivity contribution in [3.8, 4) is 5.75 Å². The molecule has 1 aromatic rings. The van der Waals surface area contributed by atoms with E-state index in [0.717, 1.165) is 6.07 Å². The molecular weight excluding hydrogens is 209 g/mol. The minimum absolute atomic E-state index is 0. The summed E-state index contributed by atoms with van der Waals surface area (Å²) in [5.74, 6) is -0.495. The van der Waals surface area contributed by atoms with Crippen molar-refractivity contribution in [2.75, 3.05) is 13.7 Å². The number of methoxy groups -OCH3 is 1. The van der Waals surface area contributed by atoms with Crippen molar-refractivity contribution in [3.05, 3.63) is 29.6 Å². The molecule has 0 aromatic heterocycles. The predicted octanol–water partition coefficient (Wildman–Crippen LogP) is 1.40. The Morgan fingerprint density at radius 1 is 1.50 bits per heavy atom. The van der Waals surface area contributed by atoms with Gasteiger partial charge in [-0.1, -0.05) is 0 Å². The molecule has 0 saturated heterocycles. The molecule has 1 rings (SSSR count). The summed E-state index contributed by atoms with van der Waals surface area (Å²) in [5.41, 5.74) is 5.37. The normalized spacial score (nSPS) is 9.07. The van der Waals surface area contributed by atoms with E-state index < -0.39 is 5.82 Å². The van der Waals surface area contributed by atoms with Gasteiger partial charge in [0.05, 0.1) is 13.7 Å². The largest absolute Gasteiger partial charge is 0.497 e. The van der Waals surface area contributed by atoms with E-state index in [1.54, 1.807) is 0 Å². The number of nitrogens with two attached hydrogens (primary N) is 1. The first-order valence-corrected chi connectivity index (χ1v) is 3.75. The molecule has 0 heterocycles. The van der Waals surface area contributed by atoms with Crippen LogP contribution in [0, 0.1) is 5.82 Å². The fraction of sp³-hybridized carbons (Fsp3) is 0.222. The van der Waals surface area contributed by atoms with Crippen molar-refractivity contribution in [1.82, 2.24) is 0 Å². The smallest absolute Gasteiger partial charge is 0.176 e. The molecule has 5 heteroatoms. The molecule has 0 saturated carbocycles. The van der Waals surface area contributed by atoms with Crippen LogP contribution in [0.1, 0.15) is 10.4 Å². The molecule has 0 unspecified atom stereocenters. The summed E-state index contributed by atoms with van der Waals surface area (Å²) < 4.78 is 17.6. The summed E-state index contributed by atoms with van der Waals surface area (Å²) >= 11 is 0. The number of carbonyl (C=O) groups is 1. The van der Waals surface area contributed by atoms with Crippen LogP contribution in [-0.2, 0) is 0 Å². The van der Waals surface area contributed by atoms with Crippen molar-refractivity contribution < 1.29 is 13.9 Å². The lowest BCUT2D eigenvalue weighted by molar-refractivity contribution is 0.100. The van der Waals surface area contributed by atoms with E-state index in [1.165, 1.54) is 19.2 Å². The third-order valence-corrected chi connectivity index (χ3v) is 1.61. The summed E-state index contributed by atoms with van der Waals surface area (Å²) in [6.07, 6.45) is 0. The SMILES string of the molecule is COc1cc(F)cc(C(=O)CN)c1.Cl. The van der Waals surface area contributed by atoms with Crippen molar-refractivity contribution in [2.45, 2.75) is 0 Å². The van der Waals surface area contributed by atoms with E-state index in [-0.39, 0.29) is 30.3 Å². The lowest BCUT2D eigenvalue weighted by atomic mass is 10.1. The van der Waals surface area contributed by atoms with Crippen LogP contribution < -0.4 is 10.5 Å². The second kappa shape index (κ2) is 5.57. The van der Waals surface area contributed by atoms with Crippen molar-refractivity contribution in [2.24, 2.45) is 5.73 Å². The Hall–Kier alpha value is -1.13. The lowest BCUT2D eigenvalue weighted by Gasteiger charge is -2.02. The van der Waals surface area contributed by atoms with Gasteiger partial charge in [0.25, 0.3) is 0 Å². The fourth-order valence-electron chi connectivity index (χ4n) is 0.959. The van der Waals surface area contributed by atoms with Crippen LogP contribution in [0.15, 0.2) is 18.2 Å². The molecule has 2 N–H and O–H groups in total. The van der Waals surface area contributed by atoms with Gasteiger partial charge in [0.15, 0.2) is 5.78 Å². The monoisotopic (exact) mass is 219 g/mol. The third-order valence-electron chi connectivity index (χ3n) is 1.61. The number of benzene rings is 1. The molecule has 14 heavy (non-hydrogen) atoms. The van der Waals surface area contributed by atoms with E-state index in [0.29, 0.717) is 5.75 Å². The first-order chi connectivity index (χ1) is 6.17. The first kappa shape index (κ1) is 12.9. The zero-order valence-electron chi connectivity index (χ0n) is 7.62. The number of ether oxygens (including phenoxy) is 1. The molecule has 0 spiro atoms. The van der Waals surface area contributed by atoms with Crippen molar-refractivity contribution >= 4 is 18.2 Å². The first-order valence-electron chi connectivity index (χ1n) is 3.75. The van der Waals surface area contributed by atoms with Crippen LogP contribution in [0.3, 0.4) is 0 Å². The molecule has 0 atom stereocenters. The van der Waals surface area contributed by atoms with Gasteiger partial charge in [-0.15, -0.1) is 12.4 Å². The zero-order chi connectivity index (χ0) is 9.84. The Morgan fingerprint density at radius 3 is 2.64 bits per heavy atom. The van der Waals surface area contributed by atoms with Gasteiger partial charge in [-0.3, -0.25) is 4.79 Å². The van der Waals surface area contributed by atoms with Gasteiger partial charge in [-0.2, -0.15) is 0 Å². The molecule has 78 valence electrons. The number of hydrogen-bond donors (Lipinski definition) is 1. The molecule has 0 aliphatic heterocycles. The lowest BCUT2D eigenvalue weighted by Crippen LogP contribution is -2.13. The average molecular weight is 220 g/mol. The Bertz CT molecular complexity index is 331. The van der Waals surface area contributed by atoms with Gasteiger partial charge in [0.2, 0.25) is 0 Å². The van der Waals surface area contributed by atoms with Crippen molar-refractivity contribution in [1.29, 1.82) is 0 Å². The third kappa shape index (κ3) is 2.97. The topological polar surface area (TPSA) is 52.3 Å². The highest BCUT2D eigenvalue weighted by Crippen LogP contribution is 2.15. The molecule has 0 radical (unpaired) electrons. The summed E-state index contributed by atoms with van der Waals surface area (Å²) in [5, 5.41) is 0. The quantitative estimate of drug-likeness (QED) is 0.782. The van der Waals surface area contributed by atoms with Gasteiger partial charge in [0, 0.05) is 11.6 Å². The molecule has 1 aromatic carbocycles. The van der Waals surface area contributed by atoms with Gasteiger partial charge >= 0.3 is 0 Å². The minimum Gasteiger partial charge on any atom is -0.497 e. The molecule has 0 aliphatic rings. The molecule has 3 nitrogen and oxygen atoms in total. The van der Waals surface area contributed by atoms with E-state index in [1.807, 2.05) is 0 Å². The summed E-state index contributed by atoms with van der Waals surface area (Å²) in [7, 11) is 1.41. The van der Waals surface area contributed by atoms with Crippen LogP contribution in [0.2, 0.25) is 0 Å². The predicted molar refractivity (Wildman–Crippen MR) is 53.6 cm³/mol. The summed E-state index contributed by atoms with van der Waals surface area (Å²) in [4.78, 5) is 11.1. The maximum Gasteiger partial charge on any atom is 0.176 e. The fourth-order valence-corrected chi connectivity index (χ4v) is 0.959. The van der Waals surface area contributed by atoms with Gasteiger partial charge in [-0.25, -0.2) is 4.39 Å². The number of rotatable bonds is 3. The van der Waals surface area contributed by atoms with Gasteiger partial charge in [0.1, 0.15) is 11.6 Å². The van der Waals surface area contributed by atoms with Crippen LogP contribution in [0.25, 0.3) is 0 Å². The highest BCUT2D eigenvalue weighted by atomic mass is 35.5. The highest BCUT2D eigenvalue weighted by molar-refractivity contribution is 5.97. The van der Waals surface area contributed by atoms with Crippen LogP contribution in [0.5, 0.6) is 5.75 Å².